The maximum absolute atomic E-state index is 12.5. The molecule has 0 radical (unpaired) electrons. The molecule has 3 rings (SSSR count). The molecule has 0 unspecified atom stereocenters. The van der Waals surface area contributed by atoms with Gasteiger partial charge in [-0.3, -0.25) is 13.9 Å². The van der Waals surface area contributed by atoms with E-state index in [0.717, 1.165) is 15.8 Å². The number of rotatable bonds is 5. The van der Waals surface area contributed by atoms with Crippen molar-refractivity contribution in [2.45, 2.75) is 26.9 Å². The predicted octanol–water partition coefficient (Wildman–Crippen LogP) is 0.769. The van der Waals surface area contributed by atoms with Crippen LogP contribution >= 0.6 is 0 Å². The van der Waals surface area contributed by atoms with Crippen molar-refractivity contribution in [1.82, 2.24) is 24.1 Å². The van der Waals surface area contributed by atoms with Crippen LogP contribution in [0.25, 0.3) is 0 Å². The summed E-state index contributed by atoms with van der Waals surface area (Å²) in [5.74, 6) is 0.263. The van der Waals surface area contributed by atoms with Gasteiger partial charge in [-0.25, -0.2) is 4.79 Å². The van der Waals surface area contributed by atoms with Crippen molar-refractivity contribution in [3.05, 3.63) is 68.3 Å². The molecular weight excluding hydrogens is 360 g/mol. The highest BCUT2D eigenvalue weighted by Gasteiger charge is 2.14. The van der Waals surface area contributed by atoms with Gasteiger partial charge in [0, 0.05) is 18.4 Å². The van der Waals surface area contributed by atoms with E-state index in [1.807, 2.05) is 31.2 Å². The van der Waals surface area contributed by atoms with Crippen LogP contribution < -0.4 is 22.3 Å². The number of nitrogens with two attached hydrogens (primary N) is 1. The molecule has 0 aliphatic heterocycles. The van der Waals surface area contributed by atoms with Gasteiger partial charge in [-0.1, -0.05) is 18.2 Å². The molecule has 3 aromatic rings. The van der Waals surface area contributed by atoms with Crippen molar-refractivity contribution < 1.29 is 0 Å². The Balaban J connectivity index is 2.02. The van der Waals surface area contributed by atoms with Crippen molar-refractivity contribution in [3.63, 3.8) is 0 Å². The lowest BCUT2D eigenvalue weighted by atomic mass is 10.2. The highest BCUT2D eigenvalue weighted by Crippen LogP contribution is 2.17. The molecule has 10 nitrogen and oxygen atoms in total. The SMILES string of the molecule is CCn1cc(C#N)c(=O)n(Cc2nc(N)nc(Nc3ccccc3C)n2)c1=O. The molecule has 0 spiro atoms. The van der Waals surface area contributed by atoms with Crippen molar-refractivity contribution >= 4 is 17.6 Å². The number of nitriles is 1. The van der Waals surface area contributed by atoms with E-state index in [2.05, 4.69) is 20.3 Å². The first-order valence-electron chi connectivity index (χ1n) is 8.50. The summed E-state index contributed by atoms with van der Waals surface area (Å²) in [6.07, 6.45) is 1.24. The maximum atomic E-state index is 12.5. The van der Waals surface area contributed by atoms with Gasteiger partial charge in [0.15, 0.2) is 5.82 Å². The summed E-state index contributed by atoms with van der Waals surface area (Å²) in [5, 5.41) is 12.2. The minimum atomic E-state index is -0.704. The zero-order chi connectivity index (χ0) is 20.3. The number of nitrogens with one attached hydrogen (secondary N) is 1. The zero-order valence-electron chi connectivity index (χ0n) is 15.4. The van der Waals surface area contributed by atoms with Crippen LogP contribution in [0.4, 0.5) is 17.6 Å². The molecule has 2 heterocycles. The molecule has 2 aromatic heterocycles. The van der Waals surface area contributed by atoms with E-state index in [4.69, 9.17) is 11.0 Å². The molecule has 10 heteroatoms. The Bertz CT molecular complexity index is 1190. The minimum Gasteiger partial charge on any atom is -0.368 e. The molecule has 0 atom stereocenters. The zero-order valence-corrected chi connectivity index (χ0v) is 15.4. The Labute approximate surface area is 159 Å². The third kappa shape index (κ3) is 3.73. The Morgan fingerprint density at radius 3 is 2.64 bits per heavy atom. The van der Waals surface area contributed by atoms with Gasteiger partial charge in [-0.15, -0.1) is 0 Å². The van der Waals surface area contributed by atoms with Crippen LogP contribution in [0.1, 0.15) is 23.9 Å². The van der Waals surface area contributed by atoms with Gasteiger partial charge in [0.25, 0.3) is 5.56 Å². The van der Waals surface area contributed by atoms with E-state index in [1.54, 1.807) is 13.0 Å². The van der Waals surface area contributed by atoms with Crippen LogP contribution in [-0.4, -0.2) is 24.1 Å². The van der Waals surface area contributed by atoms with Crippen LogP contribution in [0, 0.1) is 18.3 Å². The fraction of sp³-hybridized carbons (Fsp3) is 0.222. The highest BCUT2D eigenvalue weighted by molar-refractivity contribution is 5.58. The lowest BCUT2D eigenvalue weighted by Gasteiger charge is -2.11. The summed E-state index contributed by atoms with van der Waals surface area (Å²) < 4.78 is 2.19. The molecule has 3 N–H and O–H groups in total. The van der Waals surface area contributed by atoms with Crippen molar-refractivity contribution in [1.29, 1.82) is 5.26 Å². The molecule has 0 bridgehead atoms. The third-order valence-corrected chi connectivity index (χ3v) is 4.09. The van der Waals surface area contributed by atoms with Gasteiger partial charge in [0.1, 0.15) is 11.6 Å². The number of aromatic nitrogens is 5. The molecule has 0 saturated carbocycles. The second kappa shape index (κ2) is 7.71. The maximum Gasteiger partial charge on any atom is 0.331 e. The number of para-hydroxylation sites is 1. The molecule has 142 valence electrons. The Morgan fingerprint density at radius 1 is 1.21 bits per heavy atom. The number of nitrogen functional groups attached to an aromatic ring is 1. The first-order chi connectivity index (χ1) is 13.4. The summed E-state index contributed by atoms with van der Waals surface area (Å²) >= 11 is 0. The summed E-state index contributed by atoms with van der Waals surface area (Å²) in [4.78, 5) is 37.2. The van der Waals surface area contributed by atoms with Gasteiger partial charge in [-0.05, 0) is 25.5 Å². The largest absolute Gasteiger partial charge is 0.368 e. The number of anilines is 3. The third-order valence-electron chi connectivity index (χ3n) is 4.09. The van der Waals surface area contributed by atoms with Crippen molar-refractivity contribution in [3.8, 4) is 6.07 Å². The molecule has 0 fully saturated rings. The van der Waals surface area contributed by atoms with E-state index in [9.17, 15) is 9.59 Å². The second-order valence-corrected chi connectivity index (χ2v) is 5.99. The Hall–Kier alpha value is -4.00. The molecule has 0 saturated heterocycles. The quantitative estimate of drug-likeness (QED) is 0.662. The average molecular weight is 378 g/mol. The topological polar surface area (TPSA) is 145 Å². The fourth-order valence-corrected chi connectivity index (χ4v) is 2.64. The van der Waals surface area contributed by atoms with Gasteiger partial charge >= 0.3 is 5.69 Å². The van der Waals surface area contributed by atoms with E-state index in [1.165, 1.54) is 10.8 Å². The summed E-state index contributed by atoms with van der Waals surface area (Å²) in [6, 6.07) is 9.35. The van der Waals surface area contributed by atoms with Crippen LogP contribution in [0.5, 0.6) is 0 Å². The Kier molecular flexibility index (Phi) is 5.17. The second-order valence-electron chi connectivity index (χ2n) is 5.99. The van der Waals surface area contributed by atoms with Gasteiger partial charge < -0.3 is 11.1 Å². The van der Waals surface area contributed by atoms with Crippen LogP contribution in [0.3, 0.4) is 0 Å². The minimum absolute atomic E-state index is 0.0543. The fourth-order valence-electron chi connectivity index (χ4n) is 2.64. The molecule has 0 amide bonds. The average Bonchev–Trinajstić information content (AvgIpc) is 2.67. The van der Waals surface area contributed by atoms with E-state index >= 15 is 0 Å². The number of benzene rings is 1. The molecule has 0 aliphatic carbocycles. The van der Waals surface area contributed by atoms with Gasteiger partial charge in [0.05, 0.1) is 6.54 Å². The van der Waals surface area contributed by atoms with Crippen molar-refractivity contribution in [2.75, 3.05) is 11.1 Å². The summed E-state index contributed by atoms with van der Waals surface area (Å²) in [7, 11) is 0. The molecule has 1 aromatic carbocycles. The van der Waals surface area contributed by atoms with Gasteiger partial charge in [0.2, 0.25) is 11.9 Å². The first-order valence-corrected chi connectivity index (χ1v) is 8.50. The Morgan fingerprint density at radius 2 is 1.96 bits per heavy atom. The number of nitrogens with zero attached hydrogens (tertiary/aromatic N) is 6. The van der Waals surface area contributed by atoms with E-state index < -0.39 is 11.2 Å². The summed E-state index contributed by atoms with van der Waals surface area (Å²) in [6.45, 7) is 3.74. The predicted molar refractivity (Wildman–Crippen MR) is 103 cm³/mol. The highest BCUT2D eigenvalue weighted by atomic mass is 16.2. The van der Waals surface area contributed by atoms with Crippen LogP contribution in [0.2, 0.25) is 0 Å². The lowest BCUT2D eigenvalue weighted by Crippen LogP contribution is -2.41. The normalized spacial score (nSPS) is 10.5. The smallest absolute Gasteiger partial charge is 0.331 e. The number of aryl methyl sites for hydroxylation is 2. The molecule has 28 heavy (non-hydrogen) atoms. The van der Waals surface area contributed by atoms with E-state index in [-0.39, 0.29) is 29.8 Å². The molecular formula is C18H18N8O2. The van der Waals surface area contributed by atoms with Crippen LogP contribution in [0.15, 0.2) is 40.1 Å². The lowest BCUT2D eigenvalue weighted by molar-refractivity contribution is 0.585. The summed E-state index contributed by atoms with van der Waals surface area (Å²) in [5.41, 5.74) is 6.14. The first kappa shape index (κ1) is 18.8. The van der Waals surface area contributed by atoms with Gasteiger partial charge in [-0.2, -0.15) is 20.2 Å². The standard InChI is InChI=1S/C18H18N8O2/c1-3-25-9-12(8-19)15(27)26(18(25)28)10-14-22-16(20)24-17(23-14)21-13-7-5-4-6-11(13)2/h4-7,9H,3,10H2,1-2H3,(H3,20,21,22,23,24). The monoisotopic (exact) mass is 378 g/mol. The number of hydrogen-bond acceptors (Lipinski definition) is 8. The number of hydrogen-bond donors (Lipinski definition) is 2. The van der Waals surface area contributed by atoms with Crippen molar-refractivity contribution in [2.24, 2.45) is 0 Å². The molecule has 0 aliphatic rings. The van der Waals surface area contributed by atoms with Crippen LogP contribution in [-0.2, 0) is 13.1 Å². The van der Waals surface area contributed by atoms with E-state index in [0.29, 0.717) is 6.54 Å².